The molecule has 1 N–H and O–H groups in total. The fraction of sp³-hybridized carbons (Fsp3) is 0.474. The number of nitrogens with zero attached hydrogens (tertiary/aromatic N) is 2. The van der Waals surface area contributed by atoms with Crippen molar-refractivity contribution in [1.29, 1.82) is 0 Å². The fourth-order valence-electron chi connectivity index (χ4n) is 3.30. The standard InChI is InChI=1S/C19H24ClN3O3S/c1-2-27(25,26)13-12-21-19(24)18-16-6-4-3-5-7-17(16)23(22-18)15-10-8-14(20)9-11-15/h8-11H,2-7,12-13H2,1H3,(H,21,24). The number of benzene rings is 1. The lowest BCUT2D eigenvalue weighted by Crippen LogP contribution is -2.30. The summed E-state index contributed by atoms with van der Waals surface area (Å²) in [6, 6.07) is 7.38. The number of hydrogen-bond donors (Lipinski definition) is 1. The molecule has 0 spiro atoms. The number of carbonyl (C=O) groups excluding carboxylic acids is 1. The largest absolute Gasteiger partial charge is 0.350 e. The van der Waals surface area contributed by atoms with E-state index in [1.807, 2.05) is 16.8 Å². The molecule has 0 aliphatic heterocycles. The second-order valence-electron chi connectivity index (χ2n) is 6.72. The predicted molar refractivity (Wildman–Crippen MR) is 106 cm³/mol. The summed E-state index contributed by atoms with van der Waals surface area (Å²) >= 11 is 5.99. The number of halogens is 1. The second kappa shape index (κ2) is 8.44. The summed E-state index contributed by atoms with van der Waals surface area (Å²) in [6.45, 7) is 1.70. The zero-order valence-corrected chi connectivity index (χ0v) is 16.9. The molecule has 0 saturated carbocycles. The van der Waals surface area contributed by atoms with Crippen LogP contribution in [0.15, 0.2) is 24.3 Å². The monoisotopic (exact) mass is 409 g/mol. The van der Waals surface area contributed by atoms with Crippen molar-refractivity contribution in [2.24, 2.45) is 0 Å². The highest BCUT2D eigenvalue weighted by atomic mass is 35.5. The van der Waals surface area contributed by atoms with Crippen LogP contribution in [0, 0.1) is 0 Å². The Labute approximate surface area is 164 Å². The number of nitrogens with one attached hydrogen (secondary N) is 1. The van der Waals surface area contributed by atoms with Crippen LogP contribution < -0.4 is 5.32 Å². The first-order chi connectivity index (χ1) is 12.9. The minimum Gasteiger partial charge on any atom is -0.350 e. The molecule has 3 rings (SSSR count). The molecule has 2 aromatic rings. The van der Waals surface area contributed by atoms with Gasteiger partial charge in [0.25, 0.3) is 5.91 Å². The van der Waals surface area contributed by atoms with Crippen LogP contribution in [0.5, 0.6) is 0 Å². The van der Waals surface area contributed by atoms with E-state index in [0.29, 0.717) is 10.7 Å². The van der Waals surface area contributed by atoms with Gasteiger partial charge in [-0.1, -0.05) is 24.9 Å². The summed E-state index contributed by atoms with van der Waals surface area (Å²) in [7, 11) is -3.12. The molecule has 1 aromatic carbocycles. The molecule has 27 heavy (non-hydrogen) atoms. The van der Waals surface area contributed by atoms with Gasteiger partial charge in [-0.2, -0.15) is 5.10 Å². The van der Waals surface area contributed by atoms with Crippen molar-refractivity contribution in [1.82, 2.24) is 15.1 Å². The van der Waals surface area contributed by atoms with Crippen molar-refractivity contribution in [3.8, 4) is 5.69 Å². The summed E-state index contributed by atoms with van der Waals surface area (Å²) in [6.07, 6.45) is 4.86. The van der Waals surface area contributed by atoms with Crippen molar-refractivity contribution in [2.45, 2.75) is 39.0 Å². The molecule has 1 aliphatic carbocycles. The van der Waals surface area contributed by atoms with E-state index in [2.05, 4.69) is 10.4 Å². The maximum absolute atomic E-state index is 12.7. The molecule has 0 unspecified atom stereocenters. The van der Waals surface area contributed by atoms with E-state index in [-0.39, 0.29) is 24.0 Å². The predicted octanol–water partition coefficient (Wildman–Crippen LogP) is 2.96. The molecule has 6 nitrogen and oxygen atoms in total. The lowest BCUT2D eigenvalue weighted by Gasteiger charge is -2.07. The average Bonchev–Trinajstić information content (AvgIpc) is 2.84. The van der Waals surface area contributed by atoms with Gasteiger partial charge in [0.2, 0.25) is 0 Å². The Hall–Kier alpha value is -1.86. The van der Waals surface area contributed by atoms with Crippen molar-refractivity contribution in [3.05, 3.63) is 46.2 Å². The van der Waals surface area contributed by atoms with Gasteiger partial charge in [-0.15, -0.1) is 0 Å². The van der Waals surface area contributed by atoms with Gasteiger partial charge < -0.3 is 5.32 Å². The van der Waals surface area contributed by atoms with Crippen LogP contribution in [-0.4, -0.2) is 42.2 Å². The summed E-state index contributed by atoms with van der Waals surface area (Å²) < 4.78 is 25.1. The number of carbonyl (C=O) groups is 1. The van der Waals surface area contributed by atoms with E-state index in [0.717, 1.165) is 49.0 Å². The maximum atomic E-state index is 12.7. The maximum Gasteiger partial charge on any atom is 0.272 e. The van der Waals surface area contributed by atoms with Crippen molar-refractivity contribution >= 4 is 27.3 Å². The van der Waals surface area contributed by atoms with Crippen LogP contribution in [0.3, 0.4) is 0 Å². The lowest BCUT2D eigenvalue weighted by molar-refractivity contribution is 0.0949. The van der Waals surface area contributed by atoms with Crippen LogP contribution in [0.25, 0.3) is 5.69 Å². The topological polar surface area (TPSA) is 81.1 Å². The van der Waals surface area contributed by atoms with Gasteiger partial charge >= 0.3 is 0 Å². The Balaban J connectivity index is 1.88. The van der Waals surface area contributed by atoms with Gasteiger partial charge in [0, 0.05) is 28.6 Å². The first kappa shape index (κ1) is 19.9. The molecule has 1 amide bonds. The van der Waals surface area contributed by atoms with Crippen LogP contribution in [0.4, 0.5) is 0 Å². The molecule has 1 aliphatic rings. The SMILES string of the molecule is CCS(=O)(=O)CCNC(=O)c1nn(-c2ccc(Cl)cc2)c2c1CCCCC2. The number of amides is 1. The van der Waals surface area contributed by atoms with Gasteiger partial charge in [0.15, 0.2) is 15.5 Å². The minimum absolute atomic E-state index is 0.0602. The quantitative estimate of drug-likeness (QED) is 0.743. The van der Waals surface area contributed by atoms with Gasteiger partial charge in [0.05, 0.1) is 11.4 Å². The van der Waals surface area contributed by atoms with Crippen molar-refractivity contribution < 1.29 is 13.2 Å². The molecule has 8 heteroatoms. The van der Waals surface area contributed by atoms with Crippen LogP contribution in [0.2, 0.25) is 5.02 Å². The molecular weight excluding hydrogens is 386 g/mol. The Kier molecular flexibility index (Phi) is 6.22. The van der Waals surface area contributed by atoms with Crippen molar-refractivity contribution in [3.63, 3.8) is 0 Å². The number of rotatable bonds is 6. The molecule has 146 valence electrons. The molecule has 0 atom stereocenters. The van der Waals surface area contributed by atoms with E-state index in [4.69, 9.17) is 11.6 Å². The Morgan fingerprint density at radius 1 is 1.19 bits per heavy atom. The highest BCUT2D eigenvalue weighted by Gasteiger charge is 2.24. The van der Waals surface area contributed by atoms with E-state index in [1.54, 1.807) is 19.1 Å². The van der Waals surface area contributed by atoms with Gasteiger partial charge in [-0.3, -0.25) is 4.79 Å². The fourth-order valence-corrected chi connectivity index (χ4v) is 4.13. The van der Waals surface area contributed by atoms with E-state index in [9.17, 15) is 13.2 Å². The zero-order valence-electron chi connectivity index (χ0n) is 15.4. The molecule has 1 heterocycles. The second-order valence-corrected chi connectivity index (χ2v) is 9.62. The Morgan fingerprint density at radius 2 is 1.89 bits per heavy atom. The molecule has 0 fully saturated rings. The first-order valence-electron chi connectivity index (χ1n) is 9.26. The average molecular weight is 410 g/mol. The van der Waals surface area contributed by atoms with Crippen LogP contribution >= 0.6 is 11.6 Å². The normalized spacial score (nSPS) is 14.4. The van der Waals surface area contributed by atoms with Crippen LogP contribution in [0.1, 0.15) is 47.9 Å². The first-order valence-corrected chi connectivity index (χ1v) is 11.5. The van der Waals surface area contributed by atoms with Gasteiger partial charge in [-0.05, 0) is 49.9 Å². The number of sulfone groups is 1. The van der Waals surface area contributed by atoms with Gasteiger partial charge in [-0.25, -0.2) is 13.1 Å². The molecule has 1 aromatic heterocycles. The van der Waals surface area contributed by atoms with Crippen molar-refractivity contribution in [2.75, 3.05) is 18.1 Å². The molecular formula is C19H24ClN3O3S. The summed E-state index contributed by atoms with van der Waals surface area (Å²) in [5.74, 6) is -0.300. The Bertz CT molecular complexity index is 920. The Morgan fingerprint density at radius 3 is 2.59 bits per heavy atom. The highest BCUT2D eigenvalue weighted by Crippen LogP contribution is 2.27. The summed E-state index contributed by atoms with van der Waals surface area (Å²) in [4.78, 5) is 12.7. The number of fused-ring (bicyclic) bond motifs is 1. The third-order valence-corrected chi connectivity index (χ3v) is 6.81. The minimum atomic E-state index is -3.12. The van der Waals surface area contributed by atoms with E-state index in [1.165, 1.54) is 0 Å². The van der Waals surface area contributed by atoms with E-state index >= 15 is 0 Å². The molecule has 0 radical (unpaired) electrons. The third-order valence-electron chi connectivity index (χ3n) is 4.85. The number of hydrogen-bond acceptors (Lipinski definition) is 4. The summed E-state index contributed by atoms with van der Waals surface area (Å²) in [5, 5.41) is 7.94. The summed E-state index contributed by atoms with van der Waals surface area (Å²) in [5.41, 5.74) is 3.29. The number of aromatic nitrogens is 2. The third kappa shape index (κ3) is 4.71. The van der Waals surface area contributed by atoms with Crippen LogP contribution in [-0.2, 0) is 22.7 Å². The lowest BCUT2D eigenvalue weighted by atomic mass is 10.1. The van der Waals surface area contributed by atoms with Gasteiger partial charge in [0.1, 0.15) is 0 Å². The van der Waals surface area contributed by atoms with E-state index < -0.39 is 9.84 Å². The highest BCUT2D eigenvalue weighted by molar-refractivity contribution is 7.91. The smallest absolute Gasteiger partial charge is 0.272 e. The zero-order chi connectivity index (χ0) is 19.4. The molecule has 0 saturated heterocycles. The molecule has 0 bridgehead atoms.